The monoisotopic (exact) mass is 266 g/mol. The minimum absolute atomic E-state index is 0.291. The molecule has 0 spiro atoms. The Kier molecular flexibility index (Phi) is 5.82. The van der Waals surface area contributed by atoms with E-state index in [0.29, 0.717) is 6.10 Å². The van der Waals surface area contributed by atoms with Crippen molar-refractivity contribution in [3.05, 3.63) is 18.2 Å². The van der Waals surface area contributed by atoms with E-state index in [1.54, 1.807) is 0 Å². The summed E-state index contributed by atoms with van der Waals surface area (Å²) >= 11 is 0. The zero-order chi connectivity index (χ0) is 13.5. The Morgan fingerprint density at radius 3 is 3.16 bits per heavy atom. The molecule has 1 fully saturated rings. The first-order chi connectivity index (χ1) is 9.31. The number of imidazole rings is 1. The predicted octanol–water partition coefficient (Wildman–Crippen LogP) is 1.10. The lowest BCUT2D eigenvalue weighted by Gasteiger charge is -2.32. The van der Waals surface area contributed by atoms with Gasteiger partial charge in [0.15, 0.2) is 0 Å². The fourth-order valence-electron chi connectivity index (χ4n) is 2.40. The maximum Gasteiger partial charge on any atom is 0.0950 e. The van der Waals surface area contributed by atoms with Crippen LogP contribution >= 0.6 is 0 Å². The van der Waals surface area contributed by atoms with Crippen molar-refractivity contribution in [1.82, 2.24) is 19.8 Å². The smallest absolute Gasteiger partial charge is 0.0950 e. The molecule has 2 heterocycles. The van der Waals surface area contributed by atoms with E-state index >= 15 is 0 Å². The average molecular weight is 266 g/mol. The van der Waals surface area contributed by atoms with Crippen LogP contribution in [0.5, 0.6) is 0 Å². The second-order valence-electron chi connectivity index (χ2n) is 5.12. The SMILES string of the molecule is CCCNCc1cn(CC2CN(CC)CCO2)cn1. The molecular weight excluding hydrogens is 240 g/mol. The predicted molar refractivity (Wildman–Crippen MR) is 76.1 cm³/mol. The molecule has 2 rings (SSSR count). The van der Waals surface area contributed by atoms with Crippen molar-refractivity contribution in [3.8, 4) is 0 Å². The molecule has 5 heteroatoms. The molecule has 0 amide bonds. The maximum atomic E-state index is 5.82. The third kappa shape index (κ3) is 4.60. The third-order valence-corrected chi connectivity index (χ3v) is 3.50. The lowest BCUT2D eigenvalue weighted by molar-refractivity contribution is -0.0343. The van der Waals surface area contributed by atoms with Gasteiger partial charge in [0.05, 0.1) is 31.3 Å². The Balaban J connectivity index is 1.78. The highest BCUT2D eigenvalue weighted by Crippen LogP contribution is 2.08. The first-order valence-corrected chi connectivity index (χ1v) is 7.37. The number of nitrogens with one attached hydrogen (secondary N) is 1. The zero-order valence-electron chi connectivity index (χ0n) is 12.1. The van der Waals surface area contributed by atoms with Crippen LogP contribution in [0.15, 0.2) is 12.5 Å². The van der Waals surface area contributed by atoms with Gasteiger partial charge in [-0.2, -0.15) is 0 Å². The quantitative estimate of drug-likeness (QED) is 0.751. The van der Waals surface area contributed by atoms with Gasteiger partial charge in [-0.3, -0.25) is 4.90 Å². The Morgan fingerprint density at radius 2 is 2.37 bits per heavy atom. The first-order valence-electron chi connectivity index (χ1n) is 7.37. The van der Waals surface area contributed by atoms with Crippen LogP contribution in [-0.2, 0) is 17.8 Å². The van der Waals surface area contributed by atoms with Gasteiger partial charge in [0.1, 0.15) is 0 Å². The largest absolute Gasteiger partial charge is 0.374 e. The van der Waals surface area contributed by atoms with Crippen molar-refractivity contribution in [2.75, 3.05) is 32.8 Å². The van der Waals surface area contributed by atoms with Gasteiger partial charge in [-0.25, -0.2) is 4.98 Å². The molecule has 1 N–H and O–H groups in total. The van der Waals surface area contributed by atoms with E-state index in [4.69, 9.17) is 4.74 Å². The Bertz CT molecular complexity index is 366. The Labute approximate surface area is 116 Å². The highest BCUT2D eigenvalue weighted by atomic mass is 16.5. The van der Waals surface area contributed by atoms with E-state index in [1.807, 2.05) is 6.33 Å². The van der Waals surface area contributed by atoms with Crippen LogP contribution in [0.25, 0.3) is 0 Å². The first kappa shape index (κ1) is 14.5. The number of rotatable bonds is 7. The van der Waals surface area contributed by atoms with Gasteiger partial charge >= 0.3 is 0 Å². The van der Waals surface area contributed by atoms with Crippen LogP contribution in [-0.4, -0.2) is 53.3 Å². The van der Waals surface area contributed by atoms with Crippen molar-refractivity contribution < 1.29 is 4.74 Å². The molecule has 5 nitrogen and oxygen atoms in total. The van der Waals surface area contributed by atoms with E-state index in [-0.39, 0.29) is 0 Å². The van der Waals surface area contributed by atoms with E-state index in [9.17, 15) is 0 Å². The number of nitrogens with zero attached hydrogens (tertiary/aromatic N) is 3. The molecule has 1 aromatic heterocycles. The van der Waals surface area contributed by atoms with E-state index < -0.39 is 0 Å². The van der Waals surface area contributed by atoms with Gasteiger partial charge in [0.2, 0.25) is 0 Å². The number of ether oxygens (including phenoxy) is 1. The second-order valence-corrected chi connectivity index (χ2v) is 5.12. The lowest BCUT2D eigenvalue weighted by Crippen LogP contribution is -2.43. The van der Waals surface area contributed by atoms with E-state index in [2.05, 4.69) is 39.8 Å². The third-order valence-electron chi connectivity index (χ3n) is 3.50. The number of morpholine rings is 1. The average Bonchev–Trinajstić information content (AvgIpc) is 2.87. The summed E-state index contributed by atoms with van der Waals surface area (Å²) in [7, 11) is 0. The van der Waals surface area contributed by atoms with Crippen molar-refractivity contribution >= 4 is 0 Å². The molecular formula is C14H26N4O. The standard InChI is InChI=1S/C14H26N4O/c1-3-5-15-8-13-9-18(12-16-13)11-14-10-17(4-2)6-7-19-14/h9,12,14-15H,3-8,10-11H2,1-2H3. The van der Waals surface area contributed by atoms with Crippen molar-refractivity contribution in [2.24, 2.45) is 0 Å². The summed E-state index contributed by atoms with van der Waals surface area (Å²) in [6, 6.07) is 0. The van der Waals surface area contributed by atoms with Crippen molar-refractivity contribution in [1.29, 1.82) is 0 Å². The molecule has 0 radical (unpaired) electrons. The molecule has 1 saturated heterocycles. The van der Waals surface area contributed by atoms with Crippen molar-refractivity contribution in [2.45, 2.75) is 39.5 Å². The molecule has 0 aliphatic carbocycles. The van der Waals surface area contributed by atoms with Crippen LogP contribution < -0.4 is 5.32 Å². The molecule has 0 bridgehead atoms. The highest BCUT2D eigenvalue weighted by Gasteiger charge is 2.19. The zero-order valence-corrected chi connectivity index (χ0v) is 12.1. The summed E-state index contributed by atoms with van der Waals surface area (Å²) in [5.74, 6) is 0. The topological polar surface area (TPSA) is 42.3 Å². The van der Waals surface area contributed by atoms with E-state index in [1.165, 1.54) is 0 Å². The van der Waals surface area contributed by atoms with Gasteiger partial charge in [-0.05, 0) is 19.5 Å². The highest BCUT2D eigenvalue weighted by molar-refractivity contribution is 4.96. The van der Waals surface area contributed by atoms with Crippen LogP contribution in [0.3, 0.4) is 0 Å². The summed E-state index contributed by atoms with van der Waals surface area (Å²) < 4.78 is 7.96. The summed E-state index contributed by atoms with van der Waals surface area (Å²) in [6.07, 6.45) is 5.48. The molecule has 108 valence electrons. The van der Waals surface area contributed by atoms with Gasteiger partial charge in [-0.15, -0.1) is 0 Å². The molecule has 0 saturated carbocycles. The molecule has 1 aliphatic rings. The maximum absolute atomic E-state index is 5.82. The molecule has 1 aliphatic heterocycles. The lowest BCUT2D eigenvalue weighted by atomic mass is 10.2. The van der Waals surface area contributed by atoms with Crippen molar-refractivity contribution in [3.63, 3.8) is 0 Å². The fourth-order valence-corrected chi connectivity index (χ4v) is 2.40. The number of aromatic nitrogens is 2. The second kappa shape index (κ2) is 7.62. The van der Waals surface area contributed by atoms with Crippen LogP contribution in [0.2, 0.25) is 0 Å². The molecule has 19 heavy (non-hydrogen) atoms. The van der Waals surface area contributed by atoms with Gasteiger partial charge < -0.3 is 14.6 Å². The summed E-state index contributed by atoms with van der Waals surface area (Å²) in [5.41, 5.74) is 1.11. The normalized spacial score (nSPS) is 20.8. The minimum Gasteiger partial charge on any atom is -0.374 e. The van der Waals surface area contributed by atoms with Gasteiger partial charge in [-0.1, -0.05) is 13.8 Å². The van der Waals surface area contributed by atoms with E-state index in [0.717, 1.165) is 58.0 Å². The molecule has 0 aromatic carbocycles. The number of hydrogen-bond donors (Lipinski definition) is 1. The molecule has 1 atom stereocenters. The van der Waals surface area contributed by atoms with Crippen LogP contribution in [0, 0.1) is 0 Å². The summed E-state index contributed by atoms with van der Waals surface area (Å²) in [6.45, 7) is 11.2. The van der Waals surface area contributed by atoms with Crippen LogP contribution in [0.4, 0.5) is 0 Å². The van der Waals surface area contributed by atoms with Crippen LogP contribution in [0.1, 0.15) is 26.0 Å². The molecule has 1 unspecified atom stereocenters. The Morgan fingerprint density at radius 1 is 1.47 bits per heavy atom. The number of likely N-dealkylation sites (N-methyl/N-ethyl adjacent to an activating group) is 1. The summed E-state index contributed by atoms with van der Waals surface area (Å²) in [5, 5.41) is 3.37. The number of hydrogen-bond acceptors (Lipinski definition) is 4. The van der Waals surface area contributed by atoms with Gasteiger partial charge in [0, 0.05) is 25.8 Å². The Hall–Kier alpha value is -0.910. The minimum atomic E-state index is 0.291. The summed E-state index contributed by atoms with van der Waals surface area (Å²) in [4.78, 5) is 6.86. The fraction of sp³-hybridized carbons (Fsp3) is 0.786. The van der Waals surface area contributed by atoms with Gasteiger partial charge in [0.25, 0.3) is 0 Å². The molecule has 1 aromatic rings.